The van der Waals surface area contributed by atoms with Crippen LogP contribution in [0.4, 0.5) is 0 Å². The van der Waals surface area contributed by atoms with Crippen molar-refractivity contribution in [2.45, 2.75) is 33.6 Å². The summed E-state index contributed by atoms with van der Waals surface area (Å²) in [6.45, 7) is 15.5. The molecule has 1 aliphatic heterocycles. The van der Waals surface area contributed by atoms with Gasteiger partial charge in [-0.05, 0) is 38.1 Å². The Bertz CT molecular complexity index is 315. The summed E-state index contributed by atoms with van der Waals surface area (Å²) < 4.78 is 0. The van der Waals surface area contributed by atoms with E-state index >= 15 is 0 Å². The van der Waals surface area contributed by atoms with Gasteiger partial charge in [0.05, 0.1) is 6.54 Å². The Morgan fingerprint density at radius 1 is 1.50 bits per heavy atom. The molecular weight excluding hydrogens is 363 g/mol. The number of halogens is 1. The summed E-state index contributed by atoms with van der Waals surface area (Å²) in [4.78, 5) is 6.82. The summed E-state index contributed by atoms with van der Waals surface area (Å²) in [5.74, 6) is 1.98. The maximum absolute atomic E-state index is 5.84. The van der Waals surface area contributed by atoms with E-state index in [1.54, 1.807) is 0 Å². The molecule has 1 fully saturated rings. The van der Waals surface area contributed by atoms with Gasteiger partial charge < -0.3 is 16.0 Å². The van der Waals surface area contributed by atoms with Gasteiger partial charge in [0.25, 0.3) is 0 Å². The minimum atomic E-state index is 0. The summed E-state index contributed by atoms with van der Waals surface area (Å²) >= 11 is 0. The summed E-state index contributed by atoms with van der Waals surface area (Å²) in [5.41, 5.74) is 6.87. The second kappa shape index (κ2) is 10.4. The molecule has 118 valence electrons. The third-order valence-corrected chi connectivity index (χ3v) is 3.32. The van der Waals surface area contributed by atoms with Crippen LogP contribution in [-0.4, -0.2) is 43.6 Å². The van der Waals surface area contributed by atoms with Crippen LogP contribution in [0.3, 0.4) is 0 Å². The largest absolute Gasteiger partial charge is 0.370 e. The van der Waals surface area contributed by atoms with Crippen molar-refractivity contribution in [2.24, 2.45) is 22.6 Å². The van der Waals surface area contributed by atoms with Crippen LogP contribution in [0.25, 0.3) is 0 Å². The van der Waals surface area contributed by atoms with Crippen molar-refractivity contribution in [3.63, 3.8) is 0 Å². The van der Waals surface area contributed by atoms with Gasteiger partial charge in [-0.15, -0.1) is 24.0 Å². The van der Waals surface area contributed by atoms with E-state index in [1.165, 1.54) is 32.5 Å². The lowest BCUT2D eigenvalue weighted by atomic mass is 9.97. The molecule has 3 N–H and O–H groups in total. The fraction of sp³-hybridized carbons (Fsp3) is 0.800. The molecule has 0 bridgehead atoms. The van der Waals surface area contributed by atoms with E-state index in [9.17, 15) is 0 Å². The first-order valence-corrected chi connectivity index (χ1v) is 7.38. The molecule has 1 unspecified atom stereocenters. The molecule has 0 aromatic heterocycles. The number of hydrogen-bond acceptors (Lipinski definition) is 2. The van der Waals surface area contributed by atoms with Gasteiger partial charge >= 0.3 is 0 Å². The molecule has 0 aromatic carbocycles. The number of nitrogens with one attached hydrogen (secondary N) is 1. The van der Waals surface area contributed by atoms with Crippen LogP contribution < -0.4 is 11.1 Å². The van der Waals surface area contributed by atoms with E-state index in [0.29, 0.717) is 18.4 Å². The van der Waals surface area contributed by atoms with Crippen molar-refractivity contribution in [1.82, 2.24) is 10.2 Å². The molecule has 5 heteroatoms. The number of hydrogen-bond donors (Lipinski definition) is 2. The van der Waals surface area contributed by atoms with Crippen LogP contribution in [0.15, 0.2) is 17.1 Å². The maximum atomic E-state index is 5.84. The number of nitrogens with zero attached hydrogens (tertiary/aromatic N) is 2. The summed E-state index contributed by atoms with van der Waals surface area (Å²) in [6.07, 6.45) is 2.58. The average molecular weight is 394 g/mol. The standard InChI is InChI=1S/C15H30N4.HI/c1-12(2)8-17-15(16)18-9-14-6-5-7-19(11-14)10-13(3)4;/h13-14H,1,5-11H2,2-4H3,(H3,16,17,18);1H. The number of aliphatic imine (C=N–C) groups is 1. The Balaban J connectivity index is 0.00000361. The molecule has 1 heterocycles. The van der Waals surface area contributed by atoms with Gasteiger partial charge in [-0.2, -0.15) is 0 Å². The molecule has 1 saturated heterocycles. The molecule has 1 atom stereocenters. The van der Waals surface area contributed by atoms with Crippen molar-refractivity contribution in [1.29, 1.82) is 0 Å². The topological polar surface area (TPSA) is 53.6 Å². The molecule has 0 radical (unpaired) electrons. The molecule has 4 nitrogen and oxygen atoms in total. The molecule has 0 amide bonds. The van der Waals surface area contributed by atoms with E-state index in [1.807, 2.05) is 6.92 Å². The minimum absolute atomic E-state index is 0. The second-order valence-electron chi connectivity index (χ2n) is 6.20. The molecular formula is C15H31IN4. The van der Waals surface area contributed by atoms with Gasteiger partial charge in [-0.25, -0.2) is 4.99 Å². The van der Waals surface area contributed by atoms with Crippen LogP contribution in [0.2, 0.25) is 0 Å². The highest BCUT2D eigenvalue weighted by atomic mass is 127. The molecule has 0 saturated carbocycles. The molecule has 0 spiro atoms. The number of likely N-dealkylation sites (tertiary alicyclic amines) is 1. The predicted octanol–water partition coefficient (Wildman–Crippen LogP) is 2.45. The Labute approximate surface area is 141 Å². The van der Waals surface area contributed by atoms with Gasteiger partial charge in [-0.3, -0.25) is 0 Å². The second-order valence-corrected chi connectivity index (χ2v) is 6.20. The van der Waals surface area contributed by atoms with Gasteiger partial charge in [0.2, 0.25) is 0 Å². The third-order valence-electron chi connectivity index (χ3n) is 3.32. The van der Waals surface area contributed by atoms with Crippen LogP contribution in [-0.2, 0) is 0 Å². The van der Waals surface area contributed by atoms with E-state index < -0.39 is 0 Å². The summed E-state index contributed by atoms with van der Waals surface area (Å²) in [7, 11) is 0. The molecule has 1 rings (SSSR count). The number of rotatable bonds is 6. The Kier molecular flexibility index (Phi) is 10.3. The normalized spacial score (nSPS) is 20.6. The highest BCUT2D eigenvalue weighted by molar-refractivity contribution is 14.0. The van der Waals surface area contributed by atoms with Crippen LogP contribution in [0.1, 0.15) is 33.6 Å². The monoisotopic (exact) mass is 394 g/mol. The number of nitrogens with two attached hydrogens (primary N) is 1. The molecule has 0 aliphatic carbocycles. The van der Waals surface area contributed by atoms with Crippen LogP contribution in [0, 0.1) is 11.8 Å². The maximum Gasteiger partial charge on any atom is 0.188 e. The van der Waals surface area contributed by atoms with Gasteiger partial charge in [-0.1, -0.05) is 26.0 Å². The van der Waals surface area contributed by atoms with Crippen molar-refractivity contribution >= 4 is 29.9 Å². The van der Waals surface area contributed by atoms with Crippen LogP contribution in [0.5, 0.6) is 0 Å². The van der Waals surface area contributed by atoms with E-state index in [-0.39, 0.29) is 24.0 Å². The van der Waals surface area contributed by atoms with Crippen molar-refractivity contribution in [2.75, 3.05) is 32.7 Å². The zero-order valence-corrected chi connectivity index (χ0v) is 15.5. The number of guanidine groups is 1. The SMILES string of the molecule is C=C(C)CN=C(N)NCC1CCCN(CC(C)C)C1.I. The van der Waals surface area contributed by atoms with E-state index in [2.05, 4.69) is 35.6 Å². The van der Waals surface area contributed by atoms with Gasteiger partial charge in [0.15, 0.2) is 5.96 Å². The van der Waals surface area contributed by atoms with Crippen molar-refractivity contribution < 1.29 is 0 Å². The lowest BCUT2D eigenvalue weighted by Crippen LogP contribution is -2.43. The fourth-order valence-electron chi connectivity index (χ4n) is 2.53. The quantitative estimate of drug-likeness (QED) is 0.315. The lowest BCUT2D eigenvalue weighted by Gasteiger charge is -2.33. The molecule has 1 aliphatic rings. The van der Waals surface area contributed by atoms with Crippen LogP contribution >= 0.6 is 24.0 Å². The Hall–Kier alpha value is -0.300. The summed E-state index contributed by atoms with van der Waals surface area (Å²) in [6, 6.07) is 0. The van der Waals surface area contributed by atoms with Crippen molar-refractivity contribution in [3.8, 4) is 0 Å². The first-order chi connectivity index (χ1) is 8.97. The Morgan fingerprint density at radius 3 is 2.80 bits per heavy atom. The first-order valence-electron chi connectivity index (χ1n) is 7.38. The highest BCUT2D eigenvalue weighted by Gasteiger charge is 2.20. The fourth-order valence-corrected chi connectivity index (χ4v) is 2.53. The number of piperidine rings is 1. The zero-order valence-electron chi connectivity index (χ0n) is 13.2. The minimum Gasteiger partial charge on any atom is -0.370 e. The van der Waals surface area contributed by atoms with Crippen molar-refractivity contribution in [3.05, 3.63) is 12.2 Å². The van der Waals surface area contributed by atoms with E-state index in [4.69, 9.17) is 5.73 Å². The Morgan fingerprint density at radius 2 is 2.20 bits per heavy atom. The predicted molar refractivity (Wildman–Crippen MR) is 98.7 cm³/mol. The first kappa shape index (κ1) is 19.7. The smallest absolute Gasteiger partial charge is 0.188 e. The van der Waals surface area contributed by atoms with Gasteiger partial charge in [0, 0.05) is 19.6 Å². The lowest BCUT2D eigenvalue weighted by molar-refractivity contribution is 0.159. The average Bonchev–Trinajstić information content (AvgIpc) is 2.33. The third kappa shape index (κ3) is 8.79. The summed E-state index contributed by atoms with van der Waals surface area (Å²) in [5, 5.41) is 3.24. The van der Waals surface area contributed by atoms with E-state index in [0.717, 1.165) is 18.0 Å². The highest BCUT2D eigenvalue weighted by Crippen LogP contribution is 2.16. The zero-order chi connectivity index (χ0) is 14.3. The molecule has 20 heavy (non-hydrogen) atoms. The molecule has 0 aromatic rings. The van der Waals surface area contributed by atoms with Gasteiger partial charge in [0.1, 0.15) is 0 Å².